The van der Waals surface area contributed by atoms with E-state index in [1.807, 2.05) is 12.1 Å². The molecule has 0 unspecified atom stereocenters. The van der Waals surface area contributed by atoms with E-state index in [-0.39, 0.29) is 0 Å². The summed E-state index contributed by atoms with van der Waals surface area (Å²) in [6.07, 6.45) is 0. The summed E-state index contributed by atoms with van der Waals surface area (Å²) in [6.45, 7) is 0. The number of nitrogens with zero attached hydrogens (tertiary/aromatic N) is 1. The maximum Gasteiger partial charge on any atom is 0.136 e. The van der Waals surface area contributed by atoms with Crippen molar-refractivity contribution in [3.63, 3.8) is 0 Å². The number of hydrogen-bond donors (Lipinski definition) is 0. The normalized spacial score (nSPS) is 11.9. The van der Waals surface area contributed by atoms with Crippen LogP contribution >= 0.6 is 0 Å². The Balaban J connectivity index is 1.53. The van der Waals surface area contributed by atoms with Crippen LogP contribution in [0.25, 0.3) is 71.3 Å². The van der Waals surface area contributed by atoms with Gasteiger partial charge in [0.2, 0.25) is 0 Å². The summed E-state index contributed by atoms with van der Waals surface area (Å²) in [5.41, 5.74) is 7.85. The summed E-state index contributed by atoms with van der Waals surface area (Å²) in [6, 6.07) is 45.4. The first-order valence-electron chi connectivity index (χ1n) is 12.3. The van der Waals surface area contributed by atoms with Gasteiger partial charge in [0.1, 0.15) is 11.2 Å². The van der Waals surface area contributed by atoms with Gasteiger partial charge in [0.05, 0.1) is 11.0 Å². The number of fused-ring (bicyclic) bond motifs is 7. The summed E-state index contributed by atoms with van der Waals surface area (Å²) >= 11 is 0. The minimum Gasteiger partial charge on any atom is -0.456 e. The highest BCUT2D eigenvalue weighted by atomic mass is 16.3. The summed E-state index contributed by atoms with van der Waals surface area (Å²) in [7, 11) is 0. The predicted octanol–water partition coefficient (Wildman–Crippen LogP) is 9.50. The van der Waals surface area contributed by atoms with E-state index < -0.39 is 0 Å². The summed E-state index contributed by atoms with van der Waals surface area (Å²) < 4.78 is 8.66. The van der Waals surface area contributed by atoms with E-state index in [0.29, 0.717) is 0 Å². The summed E-state index contributed by atoms with van der Waals surface area (Å²) in [5.74, 6) is 0. The molecule has 168 valence electrons. The Hall–Kier alpha value is -4.82. The topological polar surface area (TPSA) is 18.1 Å². The highest BCUT2D eigenvalue weighted by Crippen LogP contribution is 2.40. The molecule has 0 spiro atoms. The maximum absolute atomic E-state index is 6.25. The number of benzene rings is 6. The Labute approximate surface area is 207 Å². The lowest BCUT2D eigenvalue weighted by atomic mass is 9.97. The van der Waals surface area contributed by atoms with Crippen molar-refractivity contribution < 1.29 is 4.42 Å². The third-order valence-corrected chi connectivity index (χ3v) is 7.36. The van der Waals surface area contributed by atoms with Crippen molar-refractivity contribution in [2.45, 2.75) is 0 Å². The molecule has 2 nitrogen and oxygen atoms in total. The van der Waals surface area contributed by atoms with E-state index in [4.69, 9.17) is 4.42 Å². The van der Waals surface area contributed by atoms with Gasteiger partial charge in [0.15, 0.2) is 0 Å². The molecule has 8 aromatic rings. The van der Waals surface area contributed by atoms with Gasteiger partial charge >= 0.3 is 0 Å². The molecule has 0 saturated carbocycles. The zero-order valence-corrected chi connectivity index (χ0v) is 19.5. The van der Waals surface area contributed by atoms with Crippen LogP contribution in [0.2, 0.25) is 0 Å². The van der Waals surface area contributed by atoms with E-state index in [9.17, 15) is 0 Å². The molecule has 0 aliphatic heterocycles. The number of aromatic nitrogens is 1. The molecule has 8 rings (SSSR count). The highest BCUT2D eigenvalue weighted by molar-refractivity contribution is 6.17. The van der Waals surface area contributed by atoms with Gasteiger partial charge in [-0.15, -0.1) is 0 Å². The quantitative estimate of drug-likeness (QED) is 0.252. The minimum atomic E-state index is 0.924. The molecular weight excluding hydrogens is 438 g/mol. The maximum atomic E-state index is 6.25. The molecule has 6 aromatic carbocycles. The third-order valence-electron chi connectivity index (χ3n) is 7.36. The van der Waals surface area contributed by atoms with Crippen LogP contribution in [0.5, 0.6) is 0 Å². The van der Waals surface area contributed by atoms with Gasteiger partial charge in [-0.2, -0.15) is 0 Å². The molecule has 36 heavy (non-hydrogen) atoms. The molecule has 2 heteroatoms. The van der Waals surface area contributed by atoms with Crippen LogP contribution in [0.3, 0.4) is 0 Å². The van der Waals surface area contributed by atoms with Gasteiger partial charge in [-0.1, -0.05) is 91.0 Å². The number of hydrogen-bond acceptors (Lipinski definition) is 1. The first kappa shape index (κ1) is 19.5. The van der Waals surface area contributed by atoms with Crippen LogP contribution in [-0.2, 0) is 0 Å². The first-order valence-corrected chi connectivity index (χ1v) is 12.3. The average Bonchev–Trinajstić information content (AvgIpc) is 3.46. The smallest absolute Gasteiger partial charge is 0.136 e. The Morgan fingerprint density at radius 2 is 1.17 bits per heavy atom. The van der Waals surface area contributed by atoms with Crippen LogP contribution in [0.1, 0.15) is 0 Å². The molecule has 0 amide bonds. The van der Waals surface area contributed by atoms with E-state index in [0.717, 1.165) is 27.6 Å². The molecule has 0 atom stereocenters. The number of furan rings is 1. The molecule has 0 aliphatic rings. The number of para-hydroxylation sites is 2. The molecule has 0 N–H and O–H groups in total. The van der Waals surface area contributed by atoms with E-state index in [1.165, 1.54) is 43.7 Å². The van der Waals surface area contributed by atoms with E-state index in [1.54, 1.807) is 0 Å². The SMILES string of the molecule is c1ccc(-c2cc(-n3c4ccccc4c4cc5oc6ccccc6c5cc43)cc3ccccc23)cc1. The van der Waals surface area contributed by atoms with Gasteiger partial charge in [0.25, 0.3) is 0 Å². The number of rotatable bonds is 2. The van der Waals surface area contributed by atoms with Crippen LogP contribution in [0, 0.1) is 0 Å². The summed E-state index contributed by atoms with van der Waals surface area (Å²) in [5, 5.41) is 7.21. The Kier molecular flexibility index (Phi) is 3.97. The largest absolute Gasteiger partial charge is 0.456 e. The lowest BCUT2D eigenvalue weighted by Crippen LogP contribution is -1.95. The fourth-order valence-electron chi connectivity index (χ4n) is 5.75. The molecular formula is C34H21NO. The summed E-state index contributed by atoms with van der Waals surface area (Å²) in [4.78, 5) is 0. The van der Waals surface area contributed by atoms with Crippen LogP contribution in [-0.4, -0.2) is 4.57 Å². The zero-order chi connectivity index (χ0) is 23.6. The second-order valence-electron chi connectivity index (χ2n) is 9.40. The fraction of sp³-hybridized carbons (Fsp3) is 0. The van der Waals surface area contributed by atoms with Gasteiger partial charge in [-0.05, 0) is 58.3 Å². The third kappa shape index (κ3) is 2.73. The molecule has 2 aromatic heterocycles. The molecule has 0 radical (unpaired) electrons. The van der Waals surface area contributed by atoms with Gasteiger partial charge < -0.3 is 8.98 Å². The predicted molar refractivity (Wildman–Crippen MR) is 151 cm³/mol. The molecule has 0 fully saturated rings. The molecule has 2 heterocycles. The van der Waals surface area contributed by atoms with Crippen LogP contribution in [0.4, 0.5) is 0 Å². The van der Waals surface area contributed by atoms with Gasteiger partial charge in [-0.3, -0.25) is 0 Å². The second-order valence-corrected chi connectivity index (χ2v) is 9.40. The average molecular weight is 460 g/mol. The lowest BCUT2D eigenvalue weighted by Gasteiger charge is -2.14. The van der Waals surface area contributed by atoms with Gasteiger partial charge in [0, 0.05) is 27.2 Å². The minimum absolute atomic E-state index is 0.924. The lowest BCUT2D eigenvalue weighted by molar-refractivity contribution is 0.669. The van der Waals surface area contributed by atoms with Crippen molar-refractivity contribution in [3.05, 3.63) is 127 Å². The molecule has 0 saturated heterocycles. The Bertz CT molecular complexity index is 2090. The van der Waals surface area contributed by atoms with Crippen molar-refractivity contribution in [1.82, 2.24) is 4.57 Å². The molecule has 0 aliphatic carbocycles. The standard InChI is InChI=1S/C34H21NO/c1-2-10-22(11-3-1)28-19-24(18-23-12-4-5-13-25(23)28)35-31-16-8-6-14-26(31)29-21-34-30(20-32(29)35)27-15-7-9-17-33(27)36-34/h1-21H. The van der Waals surface area contributed by atoms with E-state index in [2.05, 4.69) is 120 Å². The highest BCUT2D eigenvalue weighted by Gasteiger charge is 2.17. The Morgan fingerprint density at radius 3 is 2.06 bits per heavy atom. The first-order chi connectivity index (χ1) is 17.8. The zero-order valence-electron chi connectivity index (χ0n) is 19.5. The van der Waals surface area contributed by atoms with Crippen molar-refractivity contribution in [3.8, 4) is 16.8 Å². The van der Waals surface area contributed by atoms with Crippen LogP contribution in [0.15, 0.2) is 132 Å². The second kappa shape index (κ2) is 7.34. The van der Waals surface area contributed by atoms with Gasteiger partial charge in [-0.25, -0.2) is 0 Å². The Morgan fingerprint density at radius 1 is 0.444 bits per heavy atom. The van der Waals surface area contributed by atoms with Crippen molar-refractivity contribution >= 4 is 54.5 Å². The van der Waals surface area contributed by atoms with Crippen molar-refractivity contribution in [2.24, 2.45) is 0 Å². The molecule has 0 bridgehead atoms. The fourth-order valence-corrected chi connectivity index (χ4v) is 5.75. The monoisotopic (exact) mass is 459 g/mol. The van der Waals surface area contributed by atoms with Crippen molar-refractivity contribution in [2.75, 3.05) is 0 Å². The van der Waals surface area contributed by atoms with E-state index >= 15 is 0 Å². The van der Waals surface area contributed by atoms with Crippen LogP contribution < -0.4 is 0 Å². The van der Waals surface area contributed by atoms with Crippen molar-refractivity contribution in [1.29, 1.82) is 0 Å².